The van der Waals surface area contributed by atoms with Gasteiger partial charge in [0.2, 0.25) is 0 Å². The van der Waals surface area contributed by atoms with Crippen molar-refractivity contribution < 1.29 is 0 Å². The number of benzene rings is 11. The van der Waals surface area contributed by atoms with Crippen LogP contribution >= 0.6 is 0 Å². The van der Waals surface area contributed by atoms with Gasteiger partial charge < -0.3 is 9.80 Å². The molecular weight excluding hydrogens is 869 g/mol. The fourth-order valence-electron chi connectivity index (χ4n) is 11.9. The van der Waals surface area contributed by atoms with Gasteiger partial charge in [0.25, 0.3) is 0 Å². The summed E-state index contributed by atoms with van der Waals surface area (Å²) in [5.74, 6) is 0. The third-order valence-electron chi connectivity index (χ3n) is 15.4. The van der Waals surface area contributed by atoms with Crippen molar-refractivity contribution in [3.63, 3.8) is 0 Å². The number of nitrogens with zero attached hydrogens (tertiary/aromatic N) is 2. The molecule has 11 aromatic carbocycles. The van der Waals surface area contributed by atoms with Gasteiger partial charge in [0.1, 0.15) is 0 Å². The van der Waals surface area contributed by atoms with Gasteiger partial charge in [0, 0.05) is 39.5 Å². The lowest BCUT2D eigenvalue weighted by Gasteiger charge is -2.35. The van der Waals surface area contributed by atoms with E-state index in [9.17, 15) is 0 Å². The normalized spacial score (nSPS) is 13.4. The van der Waals surface area contributed by atoms with Gasteiger partial charge in [-0.15, -0.1) is 0 Å². The summed E-state index contributed by atoms with van der Waals surface area (Å²) in [7, 11) is 0. The van der Waals surface area contributed by atoms with Crippen LogP contribution < -0.4 is 9.80 Å². The van der Waals surface area contributed by atoms with Gasteiger partial charge in [0.15, 0.2) is 0 Å². The van der Waals surface area contributed by atoms with E-state index in [0.29, 0.717) is 0 Å². The van der Waals surface area contributed by atoms with Gasteiger partial charge in [-0.1, -0.05) is 220 Å². The molecule has 0 radical (unpaired) electrons. The van der Waals surface area contributed by atoms with E-state index in [2.05, 4.69) is 303 Å². The number of anilines is 6. The third kappa shape index (κ3) is 7.01. The first-order valence-electron chi connectivity index (χ1n) is 25.1. The van der Waals surface area contributed by atoms with Crippen molar-refractivity contribution in [2.24, 2.45) is 0 Å². The molecule has 0 atom stereocenters. The fourth-order valence-corrected chi connectivity index (χ4v) is 11.9. The molecule has 2 aliphatic rings. The minimum absolute atomic E-state index is 0.115. The van der Waals surface area contributed by atoms with Gasteiger partial charge in [-0.3, -0.25) is 0 Å². The number of hydrogen-bond donors (Lipinski definition) is 0. The lowest BCUT2D eigenvalue weighted by atomic mass is 9.67. The Morgan fingerprint density at radius 2 is 0.542 bits per heavy atom. The Morgan fingerprint density at radius 1 is 0.236 bits per heavy atom. The molecule has 0 saturated carbocycles. The first-order chi connectivity index (χ1) is 35.5. The van der Waals surface area contributed by atoms with Crippen molar-refractivity contribution >= 4 is 34.1 Å². The van der Waals surface area contributed by atoms with Gasteiger partial charge >= 0.3 is 0 Å². The quantitative estimate of drug-likeness (QED) is 0.135. The van der Waals surface area contributed by atoms with Gasteiger partial charge in [-0.25, -0.2) is 0 Å². The van der Waals surface area contributed by atoms with Crippen LogP contribution in [0.15, 0.2) is 279 Å². The first kappa shape index (κ1) is 43.1. The molecule has 2 nitrogen and oxygen atoms in total. The van der Waals surface area contributed by atoms with E-state index in [1.54, 1.807) is 0 Å². The van der Waals surface area contributed by atoms with Crippen LogP contribution in [0.3, 0.4) is 0 Å². The molecule has 0 saturated heterocycles. The molecule has 2 heteroatoms. The highest BCUT2D eigenvalue weighted by atomic mass is 15.1. The van der Waals surface area contributed by atoms with Crippen LogP contribution in [0.1, 0.15) is 47.2 Å². The maximum atomic E-state index is 2.42. The summed E-state index contributed by atoms with van der Waals surface area (Å²) in [5.41, 5.74) is 23.7. The zero-order chi connectivity index (χ0) is 48.2. The molecule has 13 rings (SSSR count). The minimum Gasteiger partial charge on any atom is -0.311 e. The zero-order valence-electron chi connectivity index (χ0n) is 40.5. The molecule has 0 fully saturated rings. The molecule has 0 unspecified atom stereocenters. The van der Waals surface area contributed by atoms with Gasteiger partial charge in [-0.2, -0.15) is 0 Å². The van der Waals surface area contributed by atoms with E-state index < -0.39 is 5.41 Å². The van der Waals surface area contributed by atoms with Crippen molar-refractivity contribution in [3.8, 4) is 44.5 Å². The highest BCUT2D eigenvalue weighted by Gasteiger charge is 2.46. The number of rotatable bonds is 10. The molecule has 0 spiro atoms. The molecule has 0 heterocycles. The lowest BCUT2D eigenvalue weighted by molar-refractivity contribution is 0.660. The summed E-state index contributed by atoms with van der Waals surface area (Å²) in [4.78, 5) is 4.79. The molecule has 11 aromatic rings. The van der Waals surface area contributed by atoms with Crippen molar-refractivity contribution in [2.45, 2.75) is 24.7 Å². The van der Waals surface area contributed by atoms with Crippen LogP contribution in [0, 0.1) is 0 Å². The Kier molecular flexibility index (Phi) is 10.4. The monoisotopic (exact) mass is 920 g/mol. The Morgan fingerprint density at radius 3 is 1.00 bits per heavy atom. The number of fused-ring (bicyclic) bond motifs is 6. The minimum atomic E-state index is -0.579. The van der Waals surface area contributed by atoms with Gasteiger partial charge in [-0.05, 0) is 151 Å². The molecule has 342 valence electrons. The molecule has 2 aliphatic carbocycles. The van der Waals surface area contributed by atoms with Gasteiger partial charge in [0.05, 0.1) is 5.41 Å². The first-order valence-corrected chi connectivity index (χ1v) is 25.1. The Labute approximate surface area is 423 Å². The average Bonchev–Trinajstić information content (AvgIpc) is 3.88. The number of para-hydroxylation sites is 1. The second kappa shape index (κ2) is 17.5. The molecule has 0 bridgehead atoms. The average molecular weight is 921 g/mol. The van der Waals surface area contributed by atoms with Crippen molar-refractivity contribution in [3.05, 3.63) is 312 Å². The number of hydrogen-bond acceptors (Lipinski definition) is 2. The molecular formula is C70H52N2. The lowest BCUT2D eigenvalue weighted by Crippen LogP contribution is -2.28. The maximum Gasteiger partial charge on any atom is 0.0713 e. The summed E-state index contributed by atoms with van der Waals surface area (Å²) < 4.78 is 0. The Hall–Kier alpha value is -8.98. The van der Waals surface area contributed by atoms with E-state index in [0.717, 1.165) is 34.1 Å². The fraction of sp³-hybridized carbons (Fsp3) is 0.0571. The zero-order valence-corrected chi connectivity index (χ0v) is 40.5. The SMILES string of the molecule is CC1(C)c2ccccc2-c2ccc(N(c3ccccc3)c3ccc(C4(c5ccc(N(c6ccc(-c7ccccc7)cc6)c6ccc(-c7ccccc7)cc6)cc5)c5ccccc5-c5ccccc54)cc3)cc21. The van der Waals surface area contributed by atoms with Crippen molar-refractivity contribution in [2.75, 3.05) is 9.80 Å². The predicted octanol–water partition coefficient (Wildman–Crippen LogP) is 18.6. The summed E-state index contributed by atoms with van der Waals surface area (Å²) in [5, 5.41) is 0. The van der Waals surface area contributed by atoms with E-state index in [-0.39, 0.29) is 5.41 Å². The van der Waals surface area contributed by atoms with Crippen LogP contribution in [-0.2, 0) is 10.8 Å². The van der Waals surface area contributed by atoms with E-state index in [4.69, 9.17) is 0 Å². The third-order valence-corrected chi connectivity index (χ3v) is 15.4. The molecule has 0 aliphatic heterocycles. The molecule has 0 aromatic heterocycles. The molecule has 0 N–H and O–H groups in total. The summed E-state index contributed by atoms with van der Waals surface area (Å²) >= 11 is 0. The van der Waals surface area contributed by atoms with Crippen LogP contribution in [0.2, 0.25) is 0 Å². The second-order valence-corrected chi connectivity index (χ2v) is 19.7. The highest BCUT2D eigenvalue weighted by Crippen LogP contribution is 2.57. The Balaban J connectivity index is 0.934. The van der Waals surface area contributed by atoms with Crippen LogP contribution in [-0.4, -0.2) is 0 Å². The summed E-state index contributed by atoms with van der Waals surface area (Å²) in [6.07, 6.45) is 0. The summed E-state index contributed by atoms with van der Waals surface area (Å²) in [6, 6.07) is 103. The van der Waals surface area contributed by atoms with Crippen molar-refractivity contribution in [1.82, 2.24) is 0 Å². The topological polar surface area (TPSA) is 6.48 Å². The largest absolute Gasteiger partial charge is 0.311 e. The van der Waals surface area contributed by atoms with Crippen LogP contribution in [0.4, 0.5) is 34.1 Å². The molecule has 72 heavy (non-hydrogen) atoms. The smallest absolute Gasteiger partial charge is 0.0713 e. The maximum absolute atomic E-state index is 2.42. The van der Waals surface area contributed by atoms with Crippen LogP contribution in [0.5, 0.6) is 0 Å². The molecule has 0 amide bonds. The van der Waals surface area contributed by atoms with Crippen LogP contribution in [0.25, 0.3) is 44.5 Å². The standard InChI is InChI=1S/C70H52N2/c1-69(2)65-27-15-12-24-61(65)64-47-46-60(48-68(64)69)72(55-22-10-5-11-23-55)59-44-36-54(37-45-59)70(66-28-16-13-25-62(66)63-26-14-17-29-67(63)70)53-34-42-58(43-35-53)71(56-38-30-51(31-39-56)49-18-6-3-7-19-49)57-40-32-52(33-41-57)50-20-8-4-9-21-50/h3-48H,1-2H3. The highest BCUT2D eigenvalue weighted by molar-refractivity contribution is 5.89. The van der Waals surface area contributed by atoms with E-state index in [1.165, 1.54) is 77.9 Å². The Bertz CT molecular complexity index is 3600. The van der Waals surface area contributed by atoms with E-state index >= 15 is 0 Å². The summed E-state index contributed by atoms with van der Waals surface area (Å²) in [6.45, 7) is 4.72. The van der Waals surface area contributed by atoms with Crippen molar-refractivity contribution in [1.29, 1.82) is 0 Å². The predicted molar refractivity (Wildman–Crippen MR) is 302 cm³/mol. The second-order valence-electron chi connectivity index (χ2n) is 19.7. The van der Waals surface area contributed by atoms with E-state index in [1.807, 2.05) is 0 Å².